The molecule has 0 bridgehead atoms. The molecular formula is C16H31NO9S2. The minimum Gasteiger partial charge on any atom is -0.394 e. The summed E-state index contributed by atoms with van der Waals surface area (Å²) in [6.45, 7) is 1.56. The standard InChI is InChI=1S/C16H31NO9S2/c1-2-3-4-5-6-7-8-9-12(17-26-28(22,23)24)27-16-15(21)14(20)13(19)11(10-18)25-16/h11,13-16,18-21H,2-10H2,1H3,(H,22,23,24). The maximum absolute atomic E-state index is 10.8. The van der Waals surface area contributed by atoms with Crippen molar-refractivity contribution in [1.82, 2.24) is 0 Å². The minimum absolute atomic E-state index is 0.135. The number of thioether (sulfide) groups is 1. The van der Waals surface area contributed by atoms with Crippen LogP contribution in [0.3, 0.4) is 0 Å². The van der Waals surface area contributed by atoms with Crippen LogP contribution in [-0.4, -0.2) is 74.9 Å². The van der Waals surface area contributed by atoms with Gasteiger partial charge in [-0.1, -0.05) is 62.4 Å². The van der Waals surface area contributed by atoms with Crippen LogP contribution in [-0.2, 0) is 19.4 Å². The Morgan fingerprint density at radius 1 is 1.04 bits per heavy atom. The highest BCUT2D eigenvalue weighted by atomic mass is 32.3. The Balaban J connectivity index is 2.66. The molecule has 0 spiro atoms. The summed E-state index contributed by atoms with van der Waals surface area (Å²) < 4.78 is 39.8. The van der Waals surface area contributed by atoms with Gasteiger partial charge >= 0.3 is 10.4 Å². The SMILES string of the molecule is CCCCCCCCCC(=NOS(=O)(=O)O)SC1OC(CO)C(O)C(O)C1O. The fourth-order valence-corrected chi connectivity index (χ4v) is 4.09. The average Bonchev–Trinajstić information content (AvgIpc) is 2.64. The van der Waals surface area contributed by atoms with E-state index >= 15 is 0 Å². The van der Waals surface area contributed by atoms with Gasteiger partial charge in [-0.2, -0.15) is 8.42 Å². The van der Waals surface area contributed by atoms with E-state index in [0.29, 0.717) is 12.8 Å². The van der Waals surface area contributed by atoms with Gasteiger partial charge in [0.2, 0.25) is 0 Å². The lowest BCUT2D eigenvalue weighted by atomic mass is 10.0. The van der Waals surface area contributed by atoms with E-state index in [0.717, 1.165) is 43.9 Å². The lowest BCUT2D eigenvalue weighted by Gasteiger charge is -2.39. The molecular weight excluding hydrogens is 414 g/mol. The quantitative estimate of drug-likeness (QED) is 0.0953. The average molecular weight is 446 g/mol. The molecule has 0 saturated carbocycles. The number of aliphatic hydroxyl groups is 4. The van der Waals surface area contributed by atoms with E-state index in [1.54, 1.807) is 0 Å². The lowest BCUT2D eigenvalue weighted by molar-refractivity contribution is -0.205. The Bertz CT molecular complexity index is 570. The van der Waals surface area contributed by atoms with Crippen molar-refractivity contribution in [2.24, 2.45) is 5.16 Å². The van der Waals surface area contributed by atoms with Crippen molar-refractivity contribution in [2.75, 3.05) is 6.61 Å². The van der Waals surface area contributed by atoms with E-state index < -0.39 is 46.9 Å². The predicted molar refractivity (Wildman–Crippen MR) is 104 cm³/mol. The van der Waals surface area contributed by atoms with Crippen molar-refractivity contribution in [1.29, 1.82) is 0 Å². The first kappa shape index (κ1) is 25.6. The summed E-state index contributed by atoms with van der Waals surface area (Å²) in [4.78, 5) is 0. The molecule has 1 aliphatic heterocycles. The van der Waals surface area contributed by atoms with Gasteiger partial charge in [-0.3, -0.25) is 4.55 Å². The van der Waals surface area contributed by atoms with Crippen LogP contribution in [0, 0.1) is 0 Å². The Hall–Kier alpha value is -0.470. The largest absolute Gasteiger partial charge is 0.466 e. The molecule has 5 atom stereocenters. The molecule has 1 heterocycles. The topological polar surface area (TPSA) is 166 Å². The van der Waals surface area contributed by atoms with Gasteiger partial charge in [0.25, 0.3) is 0 Å². The van der Waals surface area contributed by atoms with Gasteiger partial charge in [0, 0.05) is 0 Å². The molecule has 0 aromatic heterocycles. The van der Waals surface area contributed by atoms with Crippen LogP contribution in [0.15, 0.2) is 5.16 Å². The van der Waals surface area contributed by atoms with Crippen LogP contribution in [0.1, 0.15) is 58.3 Å². The first-order valence-corrected chi connectivity index (χ1v) is 11.6. The van der Waals surface area contributed by atoms with Crippen LogP contribution in [0.5, 0.6) is 0 Å². The highest BCUT2D eigenvalue weighted by Gasteiger charge is 2.44. The first-order chi connectivity index (χ1) is 13.2. The van der Waals surface area contributed by atoms with Crippen LogP contribution in [0.25, 0.3) is 0 Å². The number of rotatable bonds is 12. The first-order valence-electron chi connectivity index (χ1n) is 9.39. The molecule has 166 valence electrons. The summed E-state index contributed by atoms with van der Waals surface area (Å²) >= 11 is 0.806. The van der Waals surface area contributed by atoms with E-state index in [-0.39, 0.29) is 5.04 Å². The number of hydrogen-bond donors (Lipinski definition) is 5. The van der Waals surface area contributed by atoms with Crippen molar-refractivity contribution in [3.05, 3.63) is 0 Å². The van der Waals surface area contributed by atoms with Crippen molar-refractivity contribution >= 4 is 27.2 Å². The van der Waals surface area contributed by atoms with E-state index in [2.05, 4.69) is 16.4 Å². The molecule has 1 aliphatic rings. The maximum Gasteiger partial charge on any atom is 0.466 e. The normalized spacial score (nSPS) is 29.1. The molecule has 5 unspecified atom stereocenters. The van der Waals surface area contributed by atoms with Crippen molar-refractivity contribution < 1.29 is 42.4 Å². The summed E-state index contributed by atoms with van der Waals surface area (Å²) in [7, 11) is -4.79. The number of hydrogen-bond acceptors (Lipinski definition) is 10. The highest BCUT2D eigenvalue weighted by molar-refractivity contribution is 8.14. The second-order valence-electron chi connectivity index (χ2n) is 6.67. The molecule has 0 aromatic rings. The fourth-order valence-electron chi connectivity index (χ4n) is 2.75. The predicted octanol–water partition coefficient (Wildman–Crippen LogP) is 0.793. The van der Waals surface area contributed by atoms with E-state index in [4.69, 9.17) is 9.29 Å². The molecule has 10 nitrogen and oxygen atoms in total. The fraction of sp³-hybridized carbons (Fsp3) is 0.938. The number of oxime groups is 1. The Morgan fingerprint density at radius 2 is 1.64 bits per heavy atom. The molecule has 1 rings (SSSR count). The van der Waals surface area contributed by atoms with E-state index in [1.165, 1.54) is 6.42 Å². The smallest absolute Gasteiger partial charge is 0.394 e. The highest BCUT2D eigenvalue weighted by Crippen LogP contribution is 2.30. The minimum atomic E-state index is -4.79. The summed E-state index contributed by atoms with van der Waals surface area (Å²) in [6.07, 6.45) is 1.84. The van der Waals surface area contributed by atoms with Crippen LogP contribution < -0.4 is 0 Å². The second-order valence-corrected chi connectivity index (χ2v) is 8.85. The number of ether oxygens (including phenoxy) is 1. The van der Waals surface area contributed by atoms with Gasteiger partial charge in [0.1, 0.15) is 34.9 Å². The van der Waals surface area contributed by atoms with Crippen LogP contribution >= 0.6 is 11.8 Å². The Morgan fingerprint density at radius 3 is 2.21 bits per heavy atom. The molecule has 0 amide bonds. The van der Waals surface area contributed by atoms with Crippen molar-refractivity contribution in [3.63, 3.8) is 0 Å². The number of unbranched alkanes of at least 4 members (excludes halogenated alkanes) is 6. The zero-order valence-electron chi connectivity index (χ0n) is 15.9. The van der Waals surface area contributed by atoms with Crippen LogP contribution in [0.4, 0.5) is 0 Å². The zero-order chi connectivity index (χ0) is 21.2. The Kier molecular flexibility index (Phi) is 11.8. The second kappa shape index (κ2) is 13.0. The number of nitrogens with zero attached hydrogens (tertiary/aromatic N) is 1. The Labute approximate surface area is 169 Å². The van der Waals surface area contributed by atoms with E-state index in [9.17, 15) is 28.8 Å². The van der Waals surface area contributed by atoms with Gasteiger partial charge in [-0.05, 0) is 12.8 Å². The molecule has 12 heteroatoms. The van der Waals surface area contributed by atoms with Crippen molar-refractivity contribution in [3.8, 4) is 0 Å². The lowest BCUT2D eigenvalue weighted by Crippen LogP contribution is -2.57. The van der Waals surface area contributed by atoms with Gasteiger partial charge in [-0.15, -0.1) is 0 Å². The van der Waals surface area contributed by atoms with Gasteiger partial charge < -0.3 is 25.2 Å². The number of aliphatic hydroxyl groups excluding tert-OH is 4. The van der Waals surface area contributed by atoms with Crippen LogP contribution in [0.2, 0.25) is 0 Å². The third-order valence-electron chi connectivity index (χ3n) is 4.33. The molecule has 28 heavy (non-hydrogen) atoms. The maximum atomic E-state index is 10.8. The third-order valence-corrected chi connectivity index (χ3v) is 5.76. The van der Waals surface area contributed by atoms with Gasteiger partial charge in [0.05, 0.1) is 6.61 Å². The van der Waals surface area contributed by atoms with Gasteiger partial charge in [0.15, 0.2) is 0 Å². The monoisotopic (exact) mass is 445 g/mol. The third kappa shape index (κ3) is 9.35. The summed E-state index contributed by atoms with van der Waals surface area (Å²) in [6, 6.07) is 0. The molecule has 1 fully saturated rings. The molecule has 0 aromatic carbocycles. The molecule has 0 aliphatic carbocycles. The summed E-state index contributed by atoms with van der Waals surface area (Å²) in [5, 5.41) is 42.5. The zero-order valence-corrected chi connectivity index (χ0v) is 17.5. The van der Waals surface area contributed by atoms with Crippen molar-refractivity contribution in [2.45, 2.75) is 88.1 Å². The van der Waals surface area contributed by atoms with Gasteiger partial charge in [-0.25, -0.2) is 4.28 Å². The summed E-state index contributed by atoms with van der Waals surface area (Å²) in [5.74, 6) is 0. The molecule has 1 saturated heterocycles. The van der Waals surface area contributed by atoms with E-state index in [1.807, 2.05) is 0 Å². The molecule has 5 N–H and O–H groups in total. The summed E-state index contributed by atoms with van der Waals surface area (Å²) in [5.41, 5.74) is -1.11. The molecule has 0 radical (unpaired) electrons.